The highest BCUT2D eigenvalue weighted by Gasteiger charge is 2.48. The van der Waals surface area contributed by atoms with Crippen LogP contribution < -0.4 is 5.32 Å². The number of piperidine rings is 1. The first kappa shape index (κ1) is 21.6. The Hall–Kier alpha value is -2.58. The van der Waals surface area contributed by atoms with Crippen molar-refractivity contribution in [1.29, 1.82) is 0 Å². The van der Waals surface area contributed by atoms with Crippen molar-refractivity contribution < 1.29 is 18.0 Å². The summed E-state index contributed by atoms with van der Waals surface area (Å²) in [5.74, 6) is 0.219. The molecule has 0 bridgehead atoms. The molecule has 2 aromatic rings. The third-order valence-electron chi connectivity index (χ3n) is 6.29. The number of nitrogens with one attached hydrogen (secondary N) is 1. The fraction of sp³-hybridized carbons (Fsp3) is 0.591. The van der Waals surface area contributed by atoms with Crippen LogP contribution in [0.2, 0.25) is 0 Å². The molecule has 1 amide bonds. The summed E-state index contributed by atoms with van der Waals surface area (Å²) in [7, 11) is 0. The Morgan fingerprint density at radius 1 is 1.16 bits per heavy atom. The van der Waals surface area contributed by atoms with Crippen LogP contribution in [0.4, 0.5) is 19.0 Å². The van der Waals surface area contributed by atoms with Gasteiger partial charge in [0.15, 0.2) is 6.04 Å². The van der Waals surface area contributed by atoms with Crippen LogP contribution in [-0.4, -0.2) is 44.3 Å². The van der Waals surface area contributed by atoms with E-state index in [2.05, 4.69) is 15.4 Å². The van der Waals surface area contributed by atoms with Crippen LogP contribution in [-0.2, 0) is 0 Å². The quantitative estimate of drug-likeness (QED) is 0.723. The van der Waals surface area contributed by atoms with Crippen molar-refractivity contribution in [2.45, 2.75) is 70.8 Å². The third-order valence-corrected chi connectivity index (χ3v) is 6.29. The number of anilines is 1. The molecule has 6 nitrogen and oxygen atoms in total. The second-order valence-corrected chi connectivity index (χ2v) is 9.50. The zero-order valence-electron chi connectivity index (χ0n) is 18.0. The summed E-state index contributed by atoms with van der Waals surface area (Å²) >= 11 is 0. The molecule has 0 unspecified atom stereocenters. The van der Waals surface area contributed by atoms with Crippen LogP contribution in [0.25, 0.3) is 0 Å². The molecule has 4 heterocycles. The van der Waals surface area contributed by atoms with Gasteiger partial charge < -0.3 is 10.2 Å². The van der Waals surface area contributed by atoms with Gasteiger partial charge in [-0.1, -0.05) is 20.8 Å². The van der Waals surface area contributed by atoms with Crippen LogP contribution in [0.1, 0.15) is 74.6 Å². The molecule has 2 aliphatic rings. The highest BCUT2D eigenvalue weighted by atomic mass is 19.4. The molecule has 31 heavy (non-hydrogen) atoms. The van der Waals surface area contributed by atoms with E-state index in [-0.39, 0.29) is 29.8 Å². The van der Waals surface area contributed by atoms with Gasteiger partial charge in [-0.25, -0.2) is 4.68 Å². The predicted molar refractivity (Wildman–Crippen MR) is 111 cm³/mol. The summed E-state index contributed by atoms with van der Waals surface area (Å²) in [4.78, 5) is 18.8. The molecule has 1 N–H and O–H groups in total. The maximum atomic E-state index is 13.9. The fourth-order valence-electron chi connectivity index (χ4n) is 4.47. The second kappa shape index (κ2) is 7.84. The molecule has 0 saturated carbocycles. The molecule has 0 aromatic carbocycles. The minimum atomic E-state index is -4.40. The molecule has 9 heteroatoms. The summed E-state index contributed by atoms with van der Waals surface area (Å²) in [5.41, 5.74) is 0.686. The molecule has 0 spiro atoms. The van der Waals surface area contributed by atoms with Gasteiger partial charge in [-0.3, -0.25) is 9.78 Å². The molecule has 4 rings (SSSR count). The number of alkyl halides is 3. The van der Waals surface area contributed by atoms with Crippen LogP contribution in [0.3, 0.4) is 0 Å². The summed E-state index contributed by atoms with van der Waals surface area (Å²) in [6.45, 7) is 6.35. The Morgan fingerprint density at radius 2 is 1.87 bits per heavy atom. The van der Waals surface area contributed by atoms with E-state index in [1.54, 1.807) is 35.5 Å². The molecule has 0 aliphatic carbocycles. The van der Waals surface area contributed by atoms with Crippen LogP contribution in [0.5, 0.6) is 0 Å². The number of pyridine rings is 1. The van der Waals surface area contributed by atoms with Gasteiger partial charge in [-0.2, -0.15) is 18.3 Å². The number of rotatable bonds is 2. The van der Waals surface area contributed by atoms with Gasteiger partial charge in [0.1, 0.15) is 5.82 Å². The second-order valence-electron chi connectivity index (χ2n) is 9.50. The van der Waals surface area contributed by atoms with Crippen molar-refractivity contribution in [3.8, 4) is 0 Å². The van der Waals surface area contributed by atoms with E-state index in [0.717, 1.165) is 17.5 Å². The molecule has 0 radical (unpaired) electrons. The molecule has 2 aliphatic heterocycles. The van der Waals surface area contributed by atoms with Crippen molar-refractivity contribution in [3.63, 3.8) is 0 Å². The SMILES string of the molecule is CC(C)(C)[C@@H]1C[C@H](C(F)(F)F)n2nc([C@@H]3CCCCN3C(=O)c3ccncc3)cc2N1. The minimum absolute atomic E-state index is 0.0779. The van der Waals surface area contributed by atoms with Crippen LogP contribution in [0, 0.1) is 5.41 Å². The lowest BCUT2D eigenvalue weighted by Crippen LogP contribution is -2.44. The van der Waals surface area contributed by atoms with Crippen molar-refractivity contribution in [3.05, 3.63) is 41.9 Å². The smallest absolute Gasteiger partial charge is 0.367 e. The van der Waals surface area contributed by atoms with Crippen LogP contribution in [0.15, 0.2) is 30.6 Å². The molecular formula is C22H28F3N5O. The molecule has 2 aromatic heterocycles. The summed E-state index contributed by atoms with van der Waals surface area (Å²) < 4.78 is 42.8. The summed E-state index contributed by atoms with van der Waals surface area (Å²) in [6.07, 6.45) is 1.07. The lowest BCUT2D eigenvalue weighted by atomic mass is 9.82. The lowest BCUT2D eigenvalue weighted by molar-refractivity contribution is -0.175. The number of aromatic nitrogens is 3. The lowest BCUT2D eigenvalue weighted by Gasteiger charge is -2.39. The maximum Gasteiger partial charge on any atom is 0.410 e. The summed E-state index contributed by atoms with van der Waals surface area (Å²) in [6, 6.07) is 2.63. The Labute approximate surface area is 179 Å². The maximum absolute atomic E-state index is 13.9. The number of likely N-dealkylation sites (tertiary alicyclic amines) is 1. The van der Waals surface area contributed by atoms with Gasteiger partial charge in [0.2, 0.25) is 0 Å². The summed E-state index contributed by atoms with van der Waals surface area (Å²) in [5, 5.41) is 7.66. The first-order valence-corrected chi connectivity index (χ1v) is 10.7. The van der Waals surface area contributed by atoms with E-state index >= 15 is 0 Å². The zero-order valence-corrected chi connectivity index (χ0v) is 18.0. The van der Waals surface area contributed by atoms with Gasteiger partial charge in [0.05, 0.1) is 11.7 Å². The van der Waals surface area contributed by atoms with E-state index < -0.39 is 12.2 Å². The van der Waals surface area contributed by atoms with Crippen molar-refractivity contribution in [2.75, 3.05) is 11.9 Å². The molecule has 3 atom stereocenters. The van der Waals surface area contributed by atoms with Crippen molar-refractivity contribution >= 4 is 11.7 Å². The Kier molecular flexibility index (Phi) is 5.47. The van der Waals surface area contributed by atoms with Crippen molar-refractivity contribution in [2.24, 2.45) is 5.41 Å². The first-order chi connectivity index (χ1) is 14.6. The van der Waals surface area contributed by atoms with Crippen LogP contribution >= 0.6 is 0 Å². The van der Waals surface area contributed by atoms with Gasteiger partial charge in [-0.15, -0.1) is 0 Å². The number of carbonyl (C=O) groups is 1. The molecule has 1 fully saturated rings. The standard InChI is InChI=1S/C22H28F3N5O/c1-21(2,3)17-13-18(22(23,24)25)30-19(27-17)12-15(28-30)16-6-4-5-11-29(16)20(31)14-7-9-26-10-8-14/h7-10,12,16-18,27H,4-6,11,13H2,1-3H3/t16-,17-,18+/m0/s1. The largest absolute Gasteiger partial charge is 0.410 e. The Morgan fingerprint density at radius 3 is 2.52 bits per heavy atom. The van der Waals surface area contributed by atoms with E-state index in [4.69, 9.17) is 0 Å². The van der Waals surface area contributed by atoms with E-state index in [1.165, 1.54) is 0 Å². The number of nitrogens with zero attached hydrogens (tertiary/aromatic N) is 4. The fourth-order valence-corrected chi connectivity index (χ4v) is 4.47. The molecule has 168 valence electrons. The number of carbonyl (C=O) groups excluding carboxylic acids is 1. The van der Waals surface area contributed by atoms with E-state index in [0.29, 0.717) is 30.0 Å². The van der Waals surface area contributed by atoms with E-state index in [9.17, 15) is 18.0 Å². The average molecular weight is 435 g/mol. The first-order valence-electron chi connectivity index (χ1n) is 10.7. The zero-order chi connectivity index (χ0) is 22.4. The number of hydrogen-bond acceptors (Lipinski definition) is 4. The van der Waals surface area contributed by atoms with Gasteiger partial charge in [-0.05, 0) is 43.2 Å². The van der Waals surface area contributed by atoms with Gasteiger partial charge in [0, 0.05) is 36.6 Å². The minimum Gasteiger partial charge on any atom is -0.367 e. The monoisotopic (exact) mass is 435 g/mol. The number of halogens is 3. The number of amides is 1. The molecule has 1 saturated heterocycles. The highest BCUT2D eigenvalue weighted by Crippen LogP contribution is 2.44. The van der Waals surface area contributed by atoms with E-state index in [1.807, 2.05) is 20.8 Å². The topological polar surface area (TPSA) is 63.1 Å². The van der Waals surface area contributed by atoms with Crippen molar-refractivity contribution in [1.82, 2.24) is 19.7 Å². The van der Waals surface area contributed by atoms with Gasteiger partial charge >= 0.3 is 6.18 Å². The number of fused-ring (bicyclic) bond motifs is 1. The normalized spacial score (nSPS) is 24.5. The van der Waals surface area contributed by atoms with Gasteiger partial charge in [0.25, 0.3) is 5.91 Å². The Bertz CT molecular complexity index is 935. The molecular weight excluding hydrogens is 407 g/mol. The average Bonchev–Trinajstić information content (AvgIpc) is 3.16. The number of hydrogen-bond donors (Lipinski definition) is 1. The highest BCUT2D eigenvalue weighted by molar-refractivity contribution is 5.94. The third kappa shape index (κ3) is 4.27. The predicted octanol–water partition coefficient (Wildman–Crippen LogP) is 4.98. The Balaban J connectivity index is 1.69.